The van der Waals surface area contributed by atoms with E-state index in [1.54, 1.807) is 33.8 Å². The molecule has 1 saturated heterocycles. The Labute approximate surface area is 163 Å². The molecule has 1 amide bonds. The monoisotopic (exact) mass is 379 g/mol. The fourth-order valence-electron chi connectivity index (χ4n) is 3.39. The van der Waals surface area contributed by atoms with Gasteiger partial charge in [0.1, 0.15) is 11.5 Å². The lowest BCUT2D eigenvalue weighted by Crippen LogP contribution is -2.41. The molecule has 0 spiro atoms. The number of aromatic nitrogens is 2. The average Bonchev–Trinajstić information content (AvgIpc) is 3.15. The van der Waals surface area contributed by atoms with Gasteiger partial charge in [-0.05, 0) is 49.2 Å². The van der Waals surface area contributed by atoms with Crippen LogP contribution in [-0.2, 0) is 4.74 Å². The molecule has 2 aromatic carbocycles. The average molecular weight is 379 g/mol. The van der Waals surface area contributed by atoms with Gasteiger partial charge in [-0.3, -0.25) is 4.79 Å². The van der Waals surface area contributed by atoms with Crippen LogP contribution < -0.4 is 0 Å². The Morgan fingerprint density at radius 1 is 1.07 bits per heavy atom. The lowest BCUT2D eigenvalue weighted by atomic mass is 10.1. The second kappa shape index (κ2) is 7.56. The molecule has 0 bridgehead atoms. The van der Waals surface area contributed by atoms with Gasteiger partial charge < -0.3 is 9.64 Å². The molecule has 5 nitrogen and oxygen atoms in total. The molecule has 1 aliphatic heterocycles. The van der Waals surface area contributed by atoms with Crippen LogP contribution in [0, 0.1) is 19.7 Å². The highest BCUT2D eigenvalue weighted by molar-refractivity contribution is 5.94. The number of rotatable bonds is 3. The van der Waals surface area contributed by atoms with Crippen molar-refractivity contribution < 1.29 is 13.9 Å². The molecule has 0 unspecified atom stereocenters. The summed E-state index contributed by atoms with van der Waals surface area (Å²) in [5.74, 6) is -0.488. The number of aryl methyl sites for hydroxylation is 2. The van der Waals surface area contributed by atoms with Crippen LogP contribution in [0.1, 0.15) is 21.6 Å². The minimum absolute atomic E-state index is 0.126. The summed E-state index contributed by atoms with van der Waals surface area (Å²) in [6, 6.07) is 14.2. The highest BCUT2D eigenvalue weighted by Gasteiger charge is 2.25. The van der Waals surface area contributed by atoms with Gasteiger partial charge >= 0.3 is 0 Å². The summed E-state index contributed by atoms with van der Waals surface area (Å²) in [5.41, 5.74) is 4.12. The summed E-state index contributed by atoms with van der Waals surface area (Å²) in [5, 5.41) is 4.63. The molecule has 6 heteroatoms. The fraction of sp³-hybridized carbons (Fsp3) is 0.273. The van der Waals surface area contributed by atoms with Crippen molar-refractivity contribution in [1.82, 2.24) is 14.7 Å². The Bertz CT molecular complexity index is 1020. The minimum Gasteiger partial charge on any atom is -0.378 e. The largest absolute Gasteiger partial charge is 0.378 e. The zero-order valence-electron chi connectivity index (χ0n) is 16.0. The molecule has 1 aliphatic rings. The third kappa shape index (κ3) is 3.43. The van der Waals surface area contributed by atoms with Crippen LogP contribution in [0.2, 0.25) is 0 Å². The van der Waals surface area contributed by atoms with Crippen LogP contribution >= 0.6 is 0 Å². The first-order chi connectivity index (χ1) is 13.5. The maximum absolute atomic E-state index is 14.4. The number of benzene rings is 2. The van der Waals surface area contributed by atoms with Crippen LogP contribution in [0.4, 0.5) is 4.39 Å². The topological polar surface area (TPSA) is 47.4 Å². The molecule has 2 heterocycles. The first-order valence-electron chi connectivity index (χ1n) is 9.34. The van der Waals surface area contributed by atoms with Gasteiger partial charge in [0, 0.05) is 18.7 Å². The van der Waals surface area contributed by atoms with Crippen LogP contribution in [0.15, 0.2) is 48.5 Å². The lowest BCUT2D eigenvalue weighted by molar-refractivity contribution is 0.0297. The third-order valence-corrected chi connectivity index (χ3v) is 4.97. The smallest absolute Gasteiger partial charge is 0.272 e. The third-order valence-electron chi connectivity index (χ3n) is 4.97. The Morgan fingerprint density at radius 2 is 1.82 bits per heavy atom. The number of carbonyl (C=O) groups excluding carboxylic acids is 1. The minimum atomic E-state index is -0.363. The number of amides is 1. The standard InChI is InChI=1S/C22H22FN3O2/c1-15-7-8-16(2)20(13-15)26-21(22(27)25-9-11-28-12-10-25)14-19(24-26)17-5-3-4-6-18(17)23/h3-8,13-14H,9-12H2,1-2H3. The molecular formula is C22H22FN3O2. The first kappa shape index (κ1) is 18.4. The maximum atomic E-state index is 14.4. The number of hydrogen-bond acceptors (Lipinski definition) is 3. The van der Waals surface area contributed by atoms with Gasteiger partial charge in [-0.15, -0.1) is 0 Å². The van der Waals surface area contributed by atoms with E-state index in [0.29, 0.717) is 43.3 Å². The highest BCUT2D eigenvalue weighted by atomic mass is 19.1. The van der Waals surface area contributed by atoms with Crippen molar-refractivity contribution in [3.63, 3.8) is 0 Å². The number of halogens is 1. The molecule has 0 radical (unpaired) electrons. The maximum Gasteiger partial charge on any atom is 0.272 e. The van der Waals surface area contributed by atoms with Crippen LogP contribution in [0.5, 0.6) is 0 Å². The van der Waals surface area contributed by atoms with E-state index in [1.807, 2.05) is 32.0 Å². The normalized spacial score (nSPS) is 14.3. The molecule has 144 valence electrons. The molecule has 28 heavy (non-hydrogen) atoms. The van der Waals surface area contributed by atoms with Crippen molar-refractivity contribution in [2.24, 2.45) is 0 Å². The molecule has 1 aromatic heterocycles. The summed E-state index contributed by atoms with van der Waals surface area (Å²) in [7, 11) is 0. The van der Waals surface area contributed by atoms with E-state index in [2.05, 4.69) is 5.10 Å². The number of carbonyl (C=O) groups is 1. The predicted molar refractivity (Wildman–Crippen MR) is 105 cm³/mol. The summed E-state index contributed by atoms with van der Waals surface area (Å²) < 4.78 is 21.4. The van der Waals surface area contributed by atoms with Crippen molar-refractivity contribution in [3.05, 3.63) is 71.2 Å². The number of ether oxygens (including phenoxy) is 1. The fourth-order valence-corrected chi connectivity index (χ4v) is 3.39. The van der Waals surface area contributed by atoms with Gasteiger partial charge in [0.05, 0.1) is 24.6 Å². The van der Waals surface area contributed by atoms with Crippen molar-refractivity contribution in [2.75, 3.05) is 26.3 Å². The SMILES string of the molecule is Cc1ccc(C)c(-n2nc(-c3ccccc3F)cc2C(=O)N2CCOCC2)c1. The van der Waals surface area contributed by atoms with E-state index in [0.717, 1.165) is 16.8 Å². The molecule has 0 aliphatic carbocycles. The highest BCUT2D eigenvalue weighted by Crippen LogP contribution is 2.26. The molecule has 3 aromatic rings. The van der Waals surface area contributed by atoms with Crippen LogP contribution in [-0.4, -0.2) is 46.9 Å². The summed E-state index contributed by atoms with van der Waals surface area (Å²) in [6.07, 6.45) is 0. The Balaban J connectivity index is 1.86. The molecule has 0 N–H and O–H groups in total. The molecule has 4 rings (SSSR count). The van der Waals surface area contributed by atoms with Gasteiger partial charge in [0.15, 0.2) is 0 Å². The van der Waals surface area contributed by atoms with Crippen molar-refractivity contribution in [1.29, 1.82) is 0 Å². The number of nitrogens with zero attached hydrogens (tertiary/aromatic N) is 3. The lowest BCUT2D eigenvalue weighted by Gasteiger charge is -2.27. The van der Waals surface area contributed by atoms with E-state index in [9.17, 15) is 9.18 Å². The van der Waals surface area contributed by atoms with Crippen LogP contribution in [0.25, 0.3) is 16.9 Å². The van der Waals surface area contributed by atoms with Crippen LogP contribution in [0.3, 0.4) is 0 Å². The Morgan fingerprint density at radius 3 is 2.57 bits per heavy atom. The van der Waals surface area contributed by atoms with Crippen molar-refractivity contribution in [2.45, 2.75) is 13.8 Å². The van der Waals surface area contributed by atoms with E-state index < -0.39 is 0 Å². The summed E-state index contributed by atoms with van der Waals surface area (Å²) >= 11 is 0. The predicted octanol–water partition coefficient (Wildman–Crippen LogP) is 3.77. The zero-order valence-corrected chi connectivity index (χ0v) is 16.0. The quantitative estimate of drug-likeness (QED) is 0.696. The first-order valence-corrected chi connectivity index (χ1v) is 9.34. The van der Waals surface area contributed by atoms with Gasteiger partial charge in [0.2, 0.25) is 0 Å². The van der Waals surface area contributed by atoms with E-state index in [4.69, 9.17) is 4.74 Å². The van der Waals surface area contributed by atoms with E-state index >= 15 is 0 Å². The van der Waals surface area contributed by atoms with Crippen molar-refractivity contribution in [3.8, 4) is 16.9 Å². The molecule has 0 saturated carbocycles. The Kier molecular flexibility index (Phi) is 4.96. The summed E-state index contributed by atoms with van der Waals surface area (Å²) in [4.78, 5) is 15.0. The van der Waals surface area contributed by atoms with Gasteiger partial charge in [-0.25, -0.2) is 9.07 Å². The molecular weight excluding hydrogens is 357 g/mol. The number of morpholine rings is 1. The van der Waals surface area contributed by atoms with E-state index in [-0.39, 0.29) is 11.7 Å². The van der Waals surface area contributed by atoms with Gasteiger partial charge in [-0.2, -0.15) is 5.10 Å². The number of hydrogen-bond donors (Lipinski definition) is 0. The second-order valence-electron chi connectivity index (χ2n) is 7.00. The second-order valence-corrected chi connectivity index (χ2v) is 7.00. The van der Waals surface area contributed by atoms with Crippen molar-refractivity contribution >= 4 is 5.91 Å². The van der Waals surface area contributed by atoms with E-state index in [1.165, 1.54) is 6.07 Å². The molecule has 0 atom stereocenters. The zero-order chi connectivity index (χ0) is 19.7. The molecule has 1 fully saturated rings. The van der Waals surface area contributed by atoms with Gasteiger partial charge in [0.25, 0.3) is 5.91 Å². The van der Waals surface area contributed by atoms with Gasteiger partial charge in [-0.1, -0.05) is 24.3 Å². The summed E-state index contributed by atoms with van der Waals surface area (Å²) in [6.45, 7) is 6.07. The Hall–Kier alpha value is -2.99.